The molecule has 0 radical (unpaired) electrons. The predicted octanol–water partition coefficient (Wildman–Crippen LogP) is 7.56. The number of nitrogens with one attached hydrogen (secondary N) is 2. The molecule has 0 fully saturated rings. The first kappa shape index (κ1) is 28.4. The van der Waals surface area contributed by atoms with Crippen LogP contribution in [0.2, 0.25) is 0 Å². The van der Waals surface area contributed by atoms with Crippen molar-refractivity contribution in [3.05, 3.63) is 108 Å². The fourth-order valence-corrected chi connectivity index (χ4v) is 4.36. The van der Waals surface area contributed by atoms with Crippen molar-refractivity contribution >= 4 is 23.2 Å². The van der Waals surface area contributed by atoms with Crippen molar-refractivity contribution in [3.63, 3.8) is 0 Å². The lowest BCUT2D eigenvalue weighted by Crippen LogP contribution is -2.32. The van der Waals surface area contributed by atoms with Gasteiger partial charge in [-0.1, -0.05) is 62.4 Å². The lowest BCUT2D eigenvalue weighted by molar-refractivity contribution is -0.123. The van der Waals surface area contributed by atoms with Crippen LogP contribution >= 0.6 is 0 Å². The van der Waals surface area contributed by atoms with Gasteiger partial charge in [-0.3, -0.25) is 9.59 Å². The second kappa shape index (κ2) is 13.5. The van der Waals surface area contributed by atoms with Crippen LogP contribution < -0.4 is 20.1 Å². The van der Waals surface area contributed by atoms with Gasteiger partial charge in [-0.15, -0.1) is 0 Å². The van der Waals surface area contributed by atoms with E-state index >= 15 is 0 Å². The minimum atomic E-state index is -0.586. The second-order valence-electron chi connectivity index (χ2n) is 9.69. The average molecular weight is 537 g/mol. The van der Waals surface area contributed by atoms with Crippen LogP contribution in [0, 0.1) is 13.8 Å². The summed E-state index contributed by atoms with van der Waals surface area (Å²) >= 11 is 0. The zero-order chi connectivity index (χ0) is 28.5. The Bertz CT molecular complexity index is 1330. The molecule has 2 atom stereocenters. The third-order valence-corrected chi connectivity index (χ3v) is 6.67. The predicted molar refractivity (Wildman–Crippen MR) is 161 cm³/mol. The van der Waals surface area contributed by atoms with E-state index in [-0.39, 0.29) is 11.8 Å². The summed E-state index contributed by atoms with van der Waals surface area (Å²) in [6.07, 6.45) is -0.0657. The van der Waals surface area contributed by atoms with Gasteiger partial charge in [0.1, 0.15) is 11.5 Å². The highest BCUT2D eigenvalue weighted by atomic mass is 16.5. The van der Waals surface area contributed by atoms with Crippen LogP contribution in [0.25, 0.3) is 11.1 Å². The van der Waals surface area contributed by atoms with E-state index in [0.717, 1.165) is 33.6 Å². The summed E-state index contributed by atoms with van der Waals surface area (Å²) < 4.78 is 11.8. The van der Waals surface area contributed by atoms with Crippen molar-refractivity contribution in [2.24, 2.45) is 0 Å². The average Bonchev–Trinajstić information content (AvgIpc) is 2.97. The number of hydrogen-bond donors (Lipinski definition) is 2. The van der Waals surface area contributed by atoms with E-state index in [4.69, 9.17) is 9.47 Å². The molecule has 0 saturated carbocycles. The molecular weight excluding hydrogens is 500 g/mol. The number of para-hydroxylation sites is 2. The molecule has 0 aliphatic rings. The molecule has 0 heterocycles. The fourth-order valence-electron chi connectivity index (χ4n) is 4.36. The molecule has 2 amide bonds. The number of benzene rings is 4. The number of carbonyl (C=O) groups is 2. The summed E-state index contributed by atoms with van der Waals surface area (Å²) in [5.41, 5.74) is 5.41. The number of carbonyl (C=O) groups excluding carboxylic acids is 2. The van der Waals surface area contributed by atoms with E-state index in [1.54, 1.807) is 0 Å². The highest BCUT2D eigenvalue weighted by Gasteiger charge is 2.21. The minimum absolute atomic E-state index is 0.181. The largest absolute Gasteiger partial charge is 0.481 e. The first-order valence-electron chi connectivity index (χ1n) is 13.6. The standard InChI is InChI=1S/C34H36N2O4/c1-5-31(39-27-13-9-7-10-14-27)33(37)35-29-19-17-25(21-23(29)3)26-18-20-30(24(4)22-26)36-34(38)32(6-2)40-28-15-11-8-12-16-28/h7-22,31-32H,5-6H2,1-4H3,(H,35,37)(H,36,38)/t31-,32-/m1/s1. The van der Waals surface area contributed by atoms with Crippen LogP contribution in [0.1, 0.15) is 37.8 Å². The Morgan fingerprint density at radius 3 is 1.30 bits per heavy atom. The monoisotopic (exact) mass is 536 g/mol. The van der Waals surface area contributed by atoms with E-state index in [0.29, 0.717) is 24.3 Å². The smallest absolute Gasteiger partial charge is 0.265 e. The molecule has 4 aromatic rings. The van der Waals surface area contributed by atoms with E-state index in [1.807, 2.05) is 125 Å². The summed E-state index contributed by atoms with van der Waals surface area (Å²) in [5, 5.41) is 6.02. The lowest BCUT2D eigenvalue weighted by atomic mass is 9.99. The van der Waals surface area contributed by atoms with Crippen LogP contribution in [0.4, 0.5) is 11.4 Å². The Morgan fingerprint density at radius 2 is 0.975 bits per heavy atom. The lowest BCUT2D eigenvalue weighted by Gasteiger charge is -2.19. The van der Waals surface area contributed by atoms with Crippen molar-refractivity contribution in [2.45, 2.75) is 52.7 Å². The molecule has 4 aromatic carbocycles. The second-order valence-corrected chi connectivity index (χ2v) is 9.69. The number of amides is 2. The molecule has 0 aliphatic heterocycles. The molecule has 4 rings (SSSR count). The molecule has 0 aromatic heterocycles. The number of rotatable bonds is 11. The summed E-state index contributed by atoms with van der Waals surface area (Å²) in [7, 11) is 0. The van der Waals surface area contributed by atoms with E-state index in [9.17, 15) is 9.59 Å². The Labute approximate surface area is 236 Å². The van der Waals surface area contributed by atoms with Gasteiger partial charge in [0.15, 0.2) is 12.2 Å². The molecule has 0 spiro atoms. The molecule has 40 heavy (non-hydrogen) atoms. The maximum absolute atomic E-state index is 12.9. The third-order valence-electron chi connectivity index (χ3n) is 6.67. The van der Waals surface area contributed by atoms with Crippen molar-refractivity contribution in [3.8, 4) is 22.6 Å². The Balaban J connectivity index is 1.41. The Hall–Kier alpha value is -4.58. The number of ether oxygens (including phenoxy) is 2. The summed E-state index contributed by atoms with van der Waals surface area (Å²) in [4.78, 5) is 25.8. The maximum atomic E-state index is 12.9. The normalized spacial score (nSPS) is 12.2. The zero-order valence-electron chi connectivity index (χ0n) is 23.4. The topological polar surface area (TPSA) is 76.7 Å². The van der Waals surface area contributed by atoms with Gasteiger partial charge < -0.3 is 20.1 Å². The first-order valence-corrected chi connectivity index (χ1v) is 13.6. The van der Waals surface area contributed by atoms with E-state index in [1.165, 1.54) is 0 Å². The van der Waals surface area contributed by atoms with Gasteiger partial charge in [-0.25, -0.2) is 0 Å². The molecule has 0 unspecified atom stereocenters. The minimum Gasteiger partial charge on any atom is -0.481 e. The molecule has 2 N–H and O–H groups in total. The van der Waals surface area contributed by atoms with Gasteiger partial charge in [0.05, 0.1) is 0 Å². The van der Waals surface area contributed by atoms with Gasteiger partial charge in [-0.2, -0.15) is 0 Å². The van der Waals surface area contributed by atoms with Gasteiger partial charge in [0.25, 0.3) is 11.8 Å². The van der Waals surface area contributed by atoms with Crippen molar-refractivity contribution < 1.29 is 19.1 Å². The molecule has 0 bridgehead atoms. The van der Waals surface area contributed by atoms with Crippen molar-refractivity contribution in [1.29, 1.82) is 0 Å². The Morgan fingerprint density at radius 1 is 0.600 bits per heavy atom. The van der Waals surface area contributed by atoms with Crippen LogP contribution in [0.5, 0.6) is 11.5 Å². The molecular formula is C34H36N2O4. The summed E-state index contributed by atoms with van der Waals surface area (Å²) in [6, 6.07) is 30.6. The van der Waals surface area contributed by atoms with Crippen molar-refractivity contribution in [2.75, 3.05) is 10.6 Å². The quantitative estimate of drug-likeness (QED) is 0.207. The summed E-state index contributed by atoms with van der Waals surface area (Å²) in [6.45, 7) is 7.79. The molecule has 0 saturated heterocycles. The zero-order valence-corrected chi connectivity index (χ0v) is 23.4. The van der Waals surface area contributed by atoms with Gasteiger partial charge in [0, 0.05) is 11.4 Å². The van der Waals surface area contributed by atoms with Crippen molar-refractivity contribution in [1.82, 2.24) is 0 Å². The maximum Gasteiger partial charge on any atom is 0.265 e. The summed E-state index contributed by atoms with van der Waals surface area (Å²) in [5.74, 6) is 0.973. The fraction of sp³-hybridized carbons (Fsp3) is 0.235. The van der Waals surface area contributed by atoms with E-state index in [2.05, 4.69) is 10.6 Å². The van der Waals surface area contributed by atoms with E-state index < -0.39 is 12.2 Å². The molecule has 206 valence electrons. The van der Waals surface area contributed by atoms with Gasteiger partial charge >= 0.3 is 0 Å². The first-order chi connectivity index (χ1) is 19.4. The van der Waals surface area contributed by atoms with Gasteiger partial charge in [0.2, 0.25) is 0 Å². The van der Waals surface area contributed by atoms with Gasteiger partial charge in [-0.05, 0) is 97.5 Å². The highest BCUT2D eigenvalue weighted by Crippen LogP contribution is 2.29. The number of aryl methyl sites for hydroxylation is 2. The highest BCUT2D eigenvalue weighted by molar-refractivity contribution is 5.96. The van der Waals surface area contributed by atoms with Crippen LogP contribution in [-0.4, -0.2) is 24.0 Å². The number of hydrogen-bond acceptors (Lipinski definition) is 4. The van der Waals surface area contributed by atoms with Crippen LogP contribution in [0.15, 0.2) is 97.1 Å². The molecule has 6 heteroatoms. The molecule has 6 nitrogen and oxygen atoms in total. The van der Waals surface area contributed by atoms with Crippen LogP contribution in [0.3, 0.4) is 0 Å². The SMILES string of the molecule is CC[C@@H](Oc1ccccc1)C(=O)Nc1ccc(-c2ccc(NC(=O)[C@@H](CC)Oc3ccccc3)c(C)c2)cc1C. The number of anilines is 2. The van der Waals surface area contributed by atoms with Crippen LogP contribution in [-0.2, 0) is 9.59 Å². The molecule has 0 aliphatic carbocycles. The Kier molecular flexibility index (Phi) is 9.57. The third kappa shape index (κ3) is 7.29.